The fraction of sp³-hybridized carbons (Fsp3) is 0.571. The topological polar surface area (TPSA) is 38.7 Å². The lowest BCUT2D eigenvalue weighted by Gasteiger charge is -2.19. The van der Waals surface area contributed by atoms with Crippen molar-refractivity contribution in [3.05, 3.63) is 22.2 Å². The van der Waals surface area contributed by atoms with Crippen LogP contribution in [0.1, 0.15) is 42.9 Å². The SMILES string of the molecule is O[C@@H]1CCCCc2c(Cl)cc3c(c21)OCCCO3. The first-order chi connectivity index (χ1) is 8.77. The molecule has 0 spiro atoms. The number of halogens is 1. The van der Waals surface area contributed by atoms with E-state index in [-0.39, 0.29) is 0 Å². The highest BCUT2D eigenvalue weighted by atomic mass is 35.5. The number of rotatable bonds is 0. The van der Waals surface area contributed by atoms with Gasteiger partial charge < -0.3 is 14.6 Å². The van der Waals surface area contributed by atoms with E-state index >= 15 is 0 Å². The molecule has 18 heavy (non-hydrogen) atoms. The monoisotopic (exact) mass is 268 g/mol. The summed E-state index contributed by atoms with van der Waals surface area (Å²) in [6.45, 7) is 1.27. The first kappa shape index (κ1) is 12.1. The van der Waals surface area contributed by atoms with Crippen LogP contribution in [0.5, 0.6) is 11.5 Å². The fourth-order valence-electron chi connectivity index (χ4n) is 2.73. The van der Waals surface area contributed by atoms with Crippen LogP contribution in [-0.4, -0.2) is 18.3 Å². The number of aliphatic hydroxyl groups is 1. The summed E-state index contributed by atoms with van der Waals surface area (Å²) in [5, 5.41) is 11.0. The Kier molecular flexibility index (Phi) is 3.35. The summed E-state index contributed by atoms with van der Waals surface area (Å²) in [5.74, 6) is 1.39. The molecule has 1 aliphatic carbocycles. The zero-order valence-corrected chi connectivity index (χ0v) is 11.0. The van der Waals surface area contributed by atoms with Gasteiger partial charge in [0.05, 0.1) is 19.3 Å². The lowest BCUT2D eigenvalue weighted by Crippen LogP contribution is -2.05. The lowest BCUT2D eigenvalue weighted by molar-refractivity contribution is 0.161. The molecule has 1 aromatic rings. The van der Waals surface area contributed by atoms with E-state index in [0.717, 1.165) is 43.2 Å². The van der Waals surface area contributed by atoms with Crippen LogP contribution in [0.3, 0.4) is 0 Å². The van der Waals surface area contributed by atoms with Crippen molar-refractivity contribution in [3.8, 4) is 11.5 Å². The van der Waals surface area contributed by atoms with Gasteiger partial charge in [0.15, 0.2) is 11.5 Å². The number of ether oxygens (including phenoxy) is 2. The molecule has 0 radical (unpaired) electrons. The van der Waals surface area contributed by atoms with E-state index < -0.39 is 6.10 Å². The highest BCUT2D eigenvalue weighted by Gasteiger charge is 2.27. The second-order valence-corrected chi connectivity index (χ2v) is 5.30. The van der Waals surface area contributed by atoms with E-state index in [0.29, 0.717) is 29.7 Å². The smallest absolute Gasteiger partial charge is 0.167 e. The van der Waals surface area contributed by atoms with Crippen LogP contribution < -0.4 is 9.47 Å². The summed E-state index contributed by atoms with van der Waals surface area (Å²) in [6, 6.07) is 1.83. The second-order valence-electron chi connectivity index (χ2n) is 4.89. The minimum atomic E-state index is -0.489. The van der Waals surface area contributed by atoms with Crippen molar-refractivity contribution < 1.29 is 14.6 Å². The van der Waals surface area contributed by atoms with Gasteiger partial charge in [-0.1, -0.05) is 18.0 Å². The quantitative estimate of drug-likeness (QED) is 0.734. The van der Waals surface area contributed by atoms with Crippen molar-refractivity contribution >= 4 is 11.6 Å². The summed E-state index contributed by atoms with van der Waals surface area (Å²) < 4.78 is 11.4. The van der Waals surface area contributed by atoms with Gasteiger partial charge in [-0.05, 0) is 24.8 Å². The Labute approximate surface area is 112 Å². The number of hydrogen-bond acceptors (Lipinski definition) is 3. The van der Waals surface area contributed by atoms with Crippen molar-refractivity contribution in [1.29, 1.82) is 0 Å². The molecular formula is C14H17ClO3. The Morgan fingerprint density at radius 1 is 1.17 bits per heavy atom. The minimum absolute atomic E-state index is 0.489. The number of benzene rings is 1. The third-order valence-electron chi connectivity index (χ3n) is 3.62. The van der Waals surface area contributed by atoms with Crippen molar-refractivity contribution in [1.82, 2.24) is 0 Å². The van der Waals surface area contributed by atoms with E-state index in [1.165, 1.54) is 0 Å². The first-order valence-electron chi connectivity index (χ1n) is 6.56. The zero-order valence-electron chi connectivity index (χ0n) is 10.2. The van der Waals surface area contributed by atoms with Gasteiger partial charge in [0.1, 0.15) is 0 Å². The van der Waals surface area contributed by atoms with Crippen LogP contribution in [0.2, 0.25) is 5.02 Å². The summed E-state index contributed by atoms with van der Waals surface area (Å²) in [6.07, 6.45) is 4.12. The average Bonchev–Trinajstić information content (AvgIpc) is 2.68. The lowest BCUT2D eigenvalue weighted by atomic mass is 9.99. The van der Waals surface area contributed by atoms with Crippen LogP contribution in [-0.2, 0) is 6.42 Å². The molecule has 1 N–H and O–H groups in total. The van der Waals surface area contributed by atoms with Gasteiger partial charge >= 0.3 is 0 Å². The zero-order chi connectivity index (χ0) is 12.5. The van der Waals surface area contributed by atoms with Crippen molar-refractivity contribution in [2.75, 3.05) is 13.2 Å². The largest absolute Gasteiger partial charge is 0.489 e. The third-order valence-corrected chi connectivity index (χ3v) is 3.96. The summed E-state index contributed by atoms with van der Waals surface area (Å²) >= 11 is 6.32. The fourth-order valence-corrected chi connectivity index (χ4v) is 3.02. The molecule has 1 aromatic carbocycles. The Morgan fingerprint density at radius 3 is 2.89 bits per heavy atom. The van der Waals surface area contributed by atoms with Gasteiger partial charge in [-0.2, -0.15) is 0 Å². The van der Waals surface area contributed by atoms with E-state index in [2.05, 4.69) is 0 Å². The van der Waals surface area contributed by atoms with E-state index in [9.17, 15) is 5.11 Å². The molecule has 2 aliphatic rings. The summed E-state index contributed by atoms with van der Waals surface area (Å²) in [7, 11) is 0. The molecule has 1 aliphatic heterocycles. The molecule has 0 aromatic heterocycles. The molecule has 4 heteroatoms. The van der Waals surface area contributed by atoms with Gasteiger partial charge in [-0.25, -0.2) is 0 Å². The van der Waals surface area contributed by atoms with Gasteiger partial charge in [-0.3, -0.25) is 0 Å². The van der Waals surface area contributed by atoms with Crippen LogP contribution in [0.15, 0.2) is 6.07 Å². The van der Waals surface area contributed by atoms with Gasteiger partial charge in [-0.15, -0.1) is 0 Å². The van der Waals surface area contributed by atoms with Crippen LogP contribution in [0.25, 0.3) is 0 Å². The molecule has 3 rings (SSSR count). The molecule has 3 nitrogen and oxygen atoms in total. The number of hydrogen-bond donors (Lipinski definition) is 1. The predicted octanol–water partition coefficient (Wildman–Crippen LogP) is 3.26. The molecule has 1 heterocycles. The molecule has 0 unspecified atom stereocenters. The molecule has 0 fully saturated rings. The minimum Gasteiger partial charge on any atom is -0.489 e. The van der Waals surface area contributed by atoms with Crippen LogP contribution in [0.4, 0.5) is 0 Å². The highest BCUT2D eigenvalue weighted by molar-refractivity contribution is 6.31. The van der Waals surface area contributed by atoms with E-state index in [1.807, 2.05) is 6.07 Å². The third kappa shape index (κ3) is 2.06. The molecular weight excluding hydrogens is 252 g/mol. The van der Waals surface area contributed by atoms with E-state index in [1.54, 1.807) is 0 Å². The number of aliphatic hydroxyl groups excluding tert-OH is 1. The molecule has 98 valence electrons. The molecule has 1 atom stereocenters. The standard InChI is InChI=1S/C14H17ClO3/c15-10-8-12-14(18-7-3-6-17-12)13-9(10)4-1-2-5-11(13)16/h8,11,16H,1-7H2/t11-/m1/s1. The van der Waals surface area contributed by atoms with Gasteiger partial charge in [0, 0.05) is 23.1 Å². The van der Waals surface area contributed by atoms with Crippen molar-refractivity contribution in [3.63, 3.8) is 0 Å². The molecule has 0 amide bonds. The predicted molar refractivity (Wildman–Crippen MR) is 69.6 cm³/mol. The number of fused-ring (bicyclic) bond motifs is 3. The van der Waals surface area contributed by atoms with E-state index in [4.69, 9.17) is 21.1 Å². The maximum Gasteiger partial charge on any atom is 0.167 e. The maximum atomic E-state index is 10.3. The summed E-state index contributed by atoms with van der Waals surface area (Å²) in [4.78, 5) is 0. The molecule has 0 saturated carbocycles. The van der Waals surface area contributed by atoms with Crippen LogP contribution in [0, 0.1) is 0 Å². The Morgan fingerprint density at radius 2 is 2.00 bits per heavy atom. The Bertz CT molecular complexity index is 459. The van der Waals surface area contributed by atoms with Crippen molar-refractivity contribution in [2.24, 2.45) is 0 Å². The Hall–Kier alpha value is -0.930. The molecule has 0 bridgehead atoms. The maximum absolute atomic E-state index is 10.3. The van der Waals surface area contributed by atoms with Crippen molar-refractivity contribution in [2.45, 2.75) is 38.2 Å². The summed E-state index contributed by atoms with van der Waals surface area (Å²) in [5.41, 5.74) is 1.89. The van der Waals surface area contributed by atoms with Gasteiger partial charge in [0.2, 0.25) is 0 Å². The molecule has 0 saturated heterocycles. The van der Waals surface area contributed by atoms with Crippen LogP contribution >= 0.6 is 11.6 Å². The second kappa shape index (κ2) is 4.98. The average molecular weight is 269 g/mol. The van der Waals surface area contributed by atoms with Gasteiger partial charge in [0.25, 0.3) is 0 Å². The normalized spacial score (nSPS) is 22.9. The Balaban J connectivity index is 2.17. The first-order valence-corrected chi connectivity index (χ1v) is 6.94. The highest BCUT2D eigenvalue weighted by Crippen LogP contribution is 2.45.